The second-order valence-corrected chi connectivity index (χ2v) is 4.54. The number of benzene rings is 1. The van der Waals surface area contributed by atoms with E-state index in [4.69, 9.17) is 10.5 Å². The maximum atomic E-state index is 12.5. The van der Waals surface area contributed by atoms with Crippen LogP contribution in [0.3, 0.4) is 0 Å². The first-order valence-electron chi connectivity index (χ1n) is 5.68. The van der Waals surface area contributed by atoms with Crippen LogP contribution in [0.5, 0.6) is 5.75 Å². The van der Waals surface area contributed by atoms with Gasteiger partial charge in [0.05, 0.1) is 11.3 Å². The van der Waals surface area contributed by atoms with Crippen molar-refractivity contribution in [2.45, 2.75) is 18.7 Å². The van der Waals surface area contributed by atoms with Crippen molar-refractivity contribution in [1.82, 2.24) is 4.90 Å². The molecule has 1 aliphatic rings. The van der Waals surface area contributed by atoms with Gasteiger partial charge in [0.2, 0.25) is 0 Å². The Kier molecular flexibility index (Phi) is 3.38. The molecule has 1 aromatic carbocycles. The topological polar surface area (TPSA) is 38.5 Å². The van der Waals surface area contributed by atoms with Crippen LogP contribution in [0.25, 0.3) is 0 Å². The van der Waals surface area contributed by atoms with Crippen molar-refractivity contribution in [1.29, 1.82) is 0 Å². The number of hydrogen-bond donors (Lipinski definition) is 1. The maximum Gasteiger partial charge on any atom is 0.416 e. The lowest BCUT2D eigenvalue weighted by Gasteiger charge is -2.16. The molecule has 0 bridgehead atoms. The molecule has 1 saturated heterocycles. The summed E-state index contributed by atoms with van der Waals surface area (Å²) in [5, 5.41) is 0. The van der Waals surface area contributed by atoms with Crippen molar-refractivity contribution in [3.8, 4) is 5.75 Å². The van der Waals surface area contributed by atoms with Crippen molar-refractivity contribution in [3.05, 3.63) is 23.8 Å². The Balaban J connectivity index is 2.10. The van der Waals surface area contributed by atoms with Gasteiger partial charge < -0.3 is 15.4 Å². The van der Waals surface area contributed by atoms with Crippen LogP contribution in [-0.4, -0.2) is 31.1 Å². The van der Waals surface area contributed by atoms with Gasteiger partial charge >= 0.3 is 6.18 Å². The summed E-state index contributed by atoms with van der Waals surface area (Å²) in [5.74, 6) is 0.323. The fourth-order valence-electron chi connectivity index (χ4n) is 2.00. The number of likely N-dealkylation sites (N-methyl/N-ethyl adjacent to an activating group) is 1. The van der Waals surface area contributed by atoms with Gasteiger partial charge in [-0.2, -0.15) is 13.2 Å². The first-order chi connectivity index (χ1) is 8.36. The third-order valence-electron chi connectivity index (χ3n) is 2.98. The first-order valence-corrected chi connectivity index (χ1v) is 5.68. The molecular formula is C12H15F3N2O. The monoisotopic (exact) mass is 260 g/mol. The highest BCUT2D eigenvalue weighted by atomic mass is 19.4. The number of hydrogen-bond acceptors (Lipinski definition) is 3. The summed E-state index contributed by atoms with van der Waals surface area (Å²) >= 11 is 0. The van der Waals surface area contributed by atoms with Gasteiger partial charge in [-0.3, -0.25) is 0 Å². The molecule has 1 heterocycles. The molecule has 1 aliphatic heterocycles. The molecule has 0 aromatic heterocycles. The fourth-order valence-corrected chi connectivity index (χ4v) is 2.00. The quantitative estimate of drug-likeness (QED) is 0.830. The summed E-state index contributed by atoms with van der Waals surface area (Å²) in [7, 11) is 1.97. The van der Waals surface area contributed by atoms with Crippen molar-refractivity contribution in [3.63, 3.8) is 0 Å². The van der Waals surface area contributed by atoms with Crippen LogP contribution in [0.1, 0.15) is 12.0 Å². The van der Waals surface area contributed by atoms with E-state index in [1.54, 1.807) is 0 Å². The normalized spacial score (nSPS) is 21.2. The van der Waals surface area contributed by atoms with E-state index < -0.39 is 11.7 Å². The Morgan fingerprint density at radius 1 is 1.39 bits per heavy atom. The molecule has 100 valence electrons. The molecule has 2 N–H and O–H groups in total. The molecule has 6 heteroatoms. The van der Waals surface area contributed by atoms with Crippen molar-refractivity contribution < 1.29 is 17.9 Å². The van der Waals surface area contributed by atoms with Gasteiger partial charge in [-0.25, -0.2) is 0 Å². The molecule has 3 nitrogen and oxygen atoms in total. The Morgan fingerprint density at radius 3 is 2.61 bits per heavy atom. The van der Waals surface area contributed by atoms with Gasteiger partial charge in [0.15, 0.2) is 0 Å². The lowest BCUT2D eigenvalue weighted by molar-refractivity contribution is -0.137. The number of rotatable bonds is 2. The number of halogens is 3. The Labute approximate surface area is 103 Å². The predicted molar refractivity (Wildman–Crippen MR) is 62.4 cm³/mol. The minimum absolute atomic E-state index is 0.00552. The smallest absolute Gasteiger partial charge is 0.416 e. The average Bonchev–Trinajstić information content (AvgIpc) is 2.65. The van der Waals surface area contributed by atoms with Crippen LogP contribution in [0.2, 0.25) is 0 Å². The van der Waals surface area contributed by atoms with Crippen molar-refractivity contribution in [2.75, 3.05) is 25.9 Å². The Hall–Kier alpha value is -1.43. The molecule has 0 saturated carbocycles. The second-order valence-electron chi connectivity index (χ2n) is 4.54. The molecule has 0 aliphatic carbocycles. The number of nitrogen functional groups attached to an aromatic ring is 1. The average molecular weight is 260 g/mol. The van der Waals surface area contributed by atoms with E-state index in [2.05, 4.69) is 4.90 Å². The van der Waals surface area contributed by atoms with E-state index in [0.717, 1.165) is 31.6 Å². The molecule has 0 amide bonds. The summed E-state index contributed by atoms with van der Waals surface area (Å²) in [6.07, 6.45) is -3.52. The number of likely N-dealkylation sites (tertiary alicyclic amines) is 1. The molecule has 0 radical (unpaired) electrons. The number of nitrogens with two attached hydrogens (primary N) is 1. The molecule has 0 unspecified atom stereocenters. The van der Waals surface area contributed by atoms with Gasteiger partial charge in [0.25, 0.3) is 0 Å². The fraction of sp³-hybridized carbons (Fsp3) is 0.500. The summed E-state index contributed by atoms with van der Waals surface area (Å²) in [4.78, 5) is 2.10. The molecule has 18 heavy (non-hydrogen) atoms. The SMILES string of the molecule is CN1CC[C@H](Oc2ccc(C(F)(F)F)cc2N)C1. The number of nitrogens with zero attached hydrogens (tertiary/aromatic N) is 1. The summed E-state index contributed by atoms with van der Waals surface area (Å²) in [5.41, 5.74) is 4.87. The zero-order chi connectivity index (χ0) is 13.3. The van der Waals surface area contributed by atoms with Gasteiger partial charge in [0.1, 0.15) is 11.9 Å². The van der Waals surface area contributed by atoms with Crippen LogP contribution in [0.4, 0.5) is 18.9 Å². The minimum atomic E-state index is -4.37. The largest absolute Gasteiger partial charge is 0.487 e. The van der Waals surface area contributed by atoms with Crippen LogP contribution < -0.4 is 10.5 Å². The molecule has 1 aromatic rings. The highest BCUT2D eigenvalue weighted by Gasteiger charge is 2.31. The molecule has 1 fully saturated rings. The third kappa shape index (κ3) is 2.87. The maximum absolute atomic E-state index is 12.5. The molecule has 1 atom stereocenters. The lowest BCUT2D eigenvalue weighted by Crippen LogP contribution is -2.22. The van der Waals surface area contributed by atoms with Crippen LogP contribution in [0, 0.1) is 0 Å². The van der Waals surface area contributed by atoms with E-state index in [0.29, 0.717) is 5.75 Å². The van der Waals surface area contributed by atoms with Crippen molar-refractivity contribution in [2.24, 2.45) is 0 Å². The molecular weight excluding hydrogens is 245 g/mol. The van der Waals surface area contributed by atoms with E-state index in [1.807, 2.05) is 7.05 Å². The predicted octanol–water partition coefficient (Wildman–Crippen LogP) is 2.37. The van der Waals surface area contributed by atoms with Crippen molar-refractivity contribution >= 4 is 5.69 Å². The zero-order valence-electron chi connectivity index (χ0n) is 10.00. The second kappa shape index (κ2) is 4.68. The standard InChI is InChI=1S/C12H15F3N2O/c1-17-5-4-9(7-17)18-11-3-2-8(6-10(11)16)12(13,14)15/h2-3,6,9H,4-5,7,16H2,1H3/t9-/m0/s1. The molecule has 0 spiro atoms. The Morgan fingerprint density at radius 2 is 2.11 bits per heavy atom. The van der Waals surface area contributed by atoms with Crippen LogP contribution >= 0.6 is 0 Å². The Bertz CT molecular complexity index is 434. The van der Waals surface area contributed by atoms with E-state index in [9.17, 15) is 13.2 Å². The summed E-state index contributed by atoms with van der Waals surface area (Å²) < 4.78 is 43.0. The highest BCUT2D eigenvalue weighted by Crippen LogP contribution is 2.34. The van der Waals surface area contributed by atoms with E-state index in [1.165, 1.54) is 6.07 Å². The van der Waals surface area contributed by atoms with E-state index in [-0.39, 0.29) is 11.8 Å². The summed E-state index contributed by atoms with van der Waals surface area (Å²) in [6.45, 7) is 1.69. The van der Waals surface area contributed by atoms with Gasteiger partial charge in [0, 0.05) is 13.1 Å². The van der Waals surface area contributed by atoms with Gasteiger partial charge in [-0.15, -0.1) is 0 Å². The number of anilines is 1. The third-order valence-corrected chi connectivity index (χ3v) is 2.98. The van der Waals surface area contributed by atoms with Crippen LogP contribution in [-0.2, 0) is 6.18 Å². The van der Waals surface area contributed by atoms with Crippen LogP contribution in [0.15, 0.2) is 18.2 Å². The lowest BCUT2D eigenvalue weighted by atomic mass is 10.2. The van der Waals surface area contributed by atoms with Gasteiger partial charge in [-0.1, -0.05) is 0 Å². The van der Waals surface area contributed by atoms with E-state index >= 15 is 0 Å². The number of ether oxygens (including phenoxy) is 1. The highest BCUT2D eigenvalue weighted by molar-refractivity contribution is 5.54. The first kappa shape index (κ1) is 13.0. The zero-order valence-corrected chi connectivity index (χ0v) is 10.00. The number of alkyl halides is 3. The van der Waals surface area contributed by atoms with Gasteiger partial charge in [-0.05, 0) is 31.7 Å². The summed E-state index contributed by atoms with van der Waals surface area (Å²) in [6, 6.07) is 3.19. The molecule has 2 rings (SSSR count). The minimum Gasteiger partial charge on any atom is -0.487 e.